The van der Waals surface area contributed by atoms with Crippen LogP contribution in [-0.2, 0) is 16.0 Å². The Morgan fingerprint density at radius 1 is 1.04 bits per heavy atom. The number of anilines is 3. The zero-order chi connectivity index (χ0) is 19.0. The molecule has 1 N–H and O–H groups in total. The summed E-state index contributed by atoms with van der Waals surface area (Å²) in [5.74, 6) is -0.390. The number of fused-ring (bicyclic) bond motifs is 1. The first-order valence-corrected chi connectivity index (χ1v) is 9.52. The smallest absolute Gasteiger partial charge is 0.230 e. The third-order valence-corrected chi connectivity index (χ3v) is 5.47. The fraction of sp³-hybridized carbons (Fsp3) is 0.364. The summed E-state index contributed by atoms with van der Waals surface area (Å²) in [5, 5.41) is 2.95. The molecule has 2 atom stereocenters. The highest BCUT2D eigenvalue weighted by Gasteiger charge is 2.50. The maximum Gasteiger partial charge on any atom is 0.230 e. The molecule has 1 aliphatic carbocycles. The Hall–Kier alpha value is -2.82. The lowest BCUT2D eigenvalue weighted by Gasteiger charge is -2.29. The van der Waals surface area contributed by atoms with Crippen molar-refractivity contribution < 1.29 is 9.59 Å². The Kier molecular flexibility index (Phi) is 4.60. The molecule has 0 saturated heterocycles. The molecule has 0 radical (unpaired) electrons. The highest BCUT2D eigenvalue weighted by atomic mass is 16.2. The third-order valence-electron chi connectivity index (χ3n) is 5.47. The molecule has 5 nitrogen and oxygen atoms in total. The van der Waals surface area contributed by atoms with E-state index in [1.165, 1.54) is 5.56 Å². The van der Waals surface area contributed by atoms with Gasteiger partial charge in [-0.2, -0.15) is 0 Å². The number of nitrogens with one attached hydrogen (secondary N) is 1. The van der Waals surface area contributed by atoms with Crippen LogP contribution in [0.3, 0.4) is 0 Å². The molecule has 2 aliphatic rings. The number of carbonyl (C=O) groups excluding carboxylic acids is 2. The van der Waals surface area contributed by atoms with Crippen LogP contribution in [0.25, 0.3) is 0 Å². The number of carbonyl (C=O) groups is 2. The highest BCUT2D eigenvalue weighted by molar-refractivity contribution is 6.04. The van der Waals surface area contributed by atoms with Crippen LogP contribution in [0.1, 0.15) is 18.4 Å². The Labute approximate surface area is 160 Å². The van der Waals surface area contributed by atoms with Crippen LogP contribution >= 0.6 is 0 Å². The highest BCUT2D eigenvalue weighted by Crippen LogP contribution is 2.42. The molecule has 2 amide bonds. The molecular weight excluding hydrogens is 338 g/mol. The summed E-state index contributed by atoms with van der Waals surface area (Å²) in [6, 6.07) is 15.8. The van der Waals surface area contributed by atoms with E-state index in [-0.39, 0.29) is 23.7 Å². The summed E-state index contributed by atoms with van der Waals surface area (Å²) in [5.41, 5.74) is 4.09. The van der Waals surface area contributed by atoms with Gasteiger partial charge in [-0.05, 0) is 55.2 Å². The molecule has 4 rings (SSSR count). The molecule has 2 aromatic carbocycles. The van der Waals surface area contributed by atoms with E-state index in [4.69, 9.17) is 0 Å². The Bertz CT molecular complexity index is 860. The van der Waals surface area contributed by atoms with Gasteiger partial charge in [0.2, 0.25) is 11.8 Å². The summed E-state index contributed by atoms with van der Waals surface area (Å²) < 4.78 is 0. The van der Waals surface area contributed by atoms with E-state index < -0.39 is 0 Å². The standard InChI is InChI=1S/C22H25N3O2/c1-24(2)17-11-9-16(10-12-17)23-21(26)18-14-19(18)22(27)25-13-5-7-15-6-3-4-8-20(15)25/h3-4,6,8-12,18-19H,5,7,13-14H2,1-2H3,(H,23,26). The van der Waals surface area contributed by atoms with Crippen LogP contribution in [0, 0.1) is 11.8 Å². The van der Waals surface area contributed by atoms with Gasteiger partial charge in [0.1, 0.15) is 0 Å². The van der Waals surface area contributed by atoms with Crippen molar-refractivity contribution in [3.8, 4) is 0 Å². The number of para-hydroxylation sites is 1. The van der Waals surface area contributed by atoms with Gasteiger partial charge in [0.05, 0.1) is 11.8 Å². The van der Waals surface area contributed by atoms with E-state index in [0.717, 1.165) is 36.4 Å². The molecule has 2 unspecified atom stereocenters. The average Bonchev–Trinajstić information content (AvgIpc) is 3.48. The molecule has 1 aliphatic heterocycles. The minimum Gasteiger partial charge on any atom is -0.378 e. The van der Waals surface area contributed by atoms with Gasteiger partial charge in [-0.3, -0.25) is 9.59 Å². The Morgan fingerprint density at radius 3 is 2.52 bits per heavy atom. The summed E-state index contributed by atoms with van der Waals surface area (Å²) in [6.07, 6.45) is 2.63. The first-order valence-electron chi connectivity index (χ1n) is 9.52. The first-order chi connectivity index (χ1) is 13.0. The number of hydrogen-bond acceptors (Lipinski definition) is 3. The fourth-order valence-corrected chi connectivity index (χ4v) is 3.80. The van der Waals surface area contributed by atoms with Crippen molar-refractivity contribution in [3.63, 3.8) is 0 Å². The number of hydrogen-bond donors (Lipinski definition) is 1. The van der Waals surface area contributed by atoms with Gasteiger partial charge >= 0.3 is 0 Å². The molecule has 1 saturated carbocycles. The van der Waals surface area contributed by atoms with Gasteiger partial charge in [0, 0.05) is 37.7 Å². The van der Waals surface area contributed by atoms with Gasteiger partial charge in [-0.25, -0.2) is 0 Å². The van der Waals surface area contributed by atoms with E-state index in [1.54, 1.807) is 0 Å². The predicted octanol–water partition coefficient (Wildman–Crippen LogP) is 3.31. The summed E-state index contributed by atoms with van der Waals surface area (Å²) in [7, 11) is 3.96. The Morgan fingerprint density at radius 2 is 1.78 bits per heavy atom. The maximum absolute atomic E-state index is 13.0. The number of amides is 2. The molecule has 2 aromatic rings. The minimum absolute atomic E-state index is 0.0590. The molecule has 1 heterocycles. The molecule has 27 heavy (non-hydrogen) atoms. The monoisotopic (exact) mass is 363 g/mol. The van der Waals surface area contributed by atoms with Crippen molar-refractivity contribution in [1.82, 2.24) is 0 Å². The van der Waals surface area contributed by atoms with E-state index in [9.17, 15) is 9.59 Å². The van der Waals surface area contributed by atoms with Crippen molar-refractivity contribution in [1.29, 1.82) is 0 Å². The predicted molar refractivity (Wildman–Crippen MR) is 108 cm³/mol. The van der Waals surface area contributed by atoms with Crippen LogP contribution in [0.5, 0.6) is 0 Å². The molecular formula is C22H25N3O2. The average molecular weight is 363 g/mol. The lowest BCUT2D eigenvalue weighted by atomic mass is 10.0. The number of benzene rings is 2. The second-order valence-electron chi connectivity index (χ2n) is 7.60. The summed E-state index contributed by atoms with van der Waals surface area (Å²) in [4.78, 5) is 29.4. The van der Waals surface area contributed by atoms with Gasteiger partial charge in [0.15, 0.2) is 0 Å². The van der Waals surface area contributed by atoms with Crippen molar-refractivity contribution in [2.45, 2.75) is 19.3 Å². The lowest BCUT2D eigenvalue weighted by molar-refractivity contribution is -0.123. The van der Waals surface area contributed by atoms with Crippen LogP contribution in [0.15, 0.2) is 48.5 Å². The van der Waals surface area contributed by atoms with Crippen molar-refractivity contribution >= 4 is 28.9 Å². The minimum atomic E-state index is -0.222. The molecule has 1 fully saturated rings. The van der Waals surface area contributed by atoms with Crippen LogP contribution in [-0.4, -0.2) is 32.5 Å². The van der Waals surface area contributed by atoms with Crippen LogP contribution < -0.4 is 15.1 Å². The quantitative estimate of drug-likeness (QED) is 0.907. The van der Waals surface area contributed by atoms with E-state index in [2.05, 4.69) is 11.4 Å². The largest absolute Gasteiger partial charge is 0.378 e. The zero-order valence-electron chi connectivity index (χ0n) is 15.8. The van der Waals surface area contributed by atoms with Crippen molar-refractivity contribution in [2.24, 2.45) is 11.8 Å². The van der Waals surface area contributed by atoms with Crippen molar-refractivity contribution in [2.75, 3.05) is 35.8 Å². The second-order valence-corrected chi connectivity index (χ2v) is 7.60. The first kappa shape index (κ1) is 17.6. The fourth-order valence-electron chi connectivity index (χ4n) is 3.80. The maximum atomic E-state index is 13.0. The van der Waals surface area contributed by atoms with Crippen molar-refractivity contribution in [3.05, 3.63) is 54.1 Å². The molecule has 5 heteroatoms. The lowest BCUT2D eigenvalue weighted by Crippen LogP contribution is -2.37. The number of nitrogens with zero attached hydrogens (tertiary/aromatic N) is 2. The third kappa shape index (κ3) is 3.54. The van der Waals surface area contributed by atoms with Gasteiger partial charge in [-0.15, -0.1) is 0 Å². The van der Waals surface area contributed by atoms with E-state index >= 15 is 0 Å². The van der Waals surface area contributed by atoms with Crippen LogP contribution in [0.4, 0.5) is 17.1 Å². The summed E-state index contributed by atoms with van der Waals surface area (Å²) >= 11 is 0. The zero-order valence-corrected chi connectivity index (χ0v) is 15.8. The molecule has 0 bridgehead atoms. The van der Waals surface area contributed by atoms with Gasteiger partial charge in [-0.1, -0.05) is 18.2 Å². The van der Waals surface area contributed by atoms with E-state index in [0.29, 0.717) is 6.42 Å². The number of rotatable bonds is 4. The van der Waals surface area contributed by atoms with E-state index in [1.807, 2.05) is 66.4 Å². The topological polar surface area (TPSA) is 52.7 Å². The molecule has 0 spiro atoms. The second kappa shape index (κ2) is 7.06. The van der Waals surface area contributed by atoms with Gasteiger partial charge < -0.3 is 15.1 Å². The molecule has 140 valence electrons. The number of aryl methyl sites for hydroxylation is 1. The normalized spacial score (nSPS) is 20.6. The van der Waals surface area contributed by atoms with Crippen LogP contribution in [0.2, 0.25) is 0 Å². The van der Waals surface area contributed by atoms with Gasteiger partial charge in [0.25, 0.3) is 0 Å². The summed E-state index contributed by atoms with van der Waals surface area (Å²) in [6.45, 7) is 0.743. The molecule has 0 aromatic heterocycles. The Balaban J connectivity index is 1.39. The SMILES string of the molecule is CN(C)c1ccc(NC(=O)C2CC2C(=O)N2CCCc3ccccc32)cc1.